The lowest BCUT2D eigenvalue weighted by Crippen LogP contribution is -1.87. The number of aromatic nitrogens is 2. The van der Waals surface area contributed by atoms with Gasteiger partial charge < -0.3 is 4.42 Å². The van der Waals surface area contributed by atoms with Gasteiger partial charge in [0.2, 0.25) is 11.8 Å². The molecule has 0 aliphatic heterocycles. The van der Waals surface area contributed by atoms with Crippen molar-refractivity contribution in [2.45, 2.75) is 71.1 Å². The molecule has 0 radical (unpaired) electrons. The van der Waals surface area contributed by atoms with Crippen molar-refractivity contribution >= 4 is 17.6 Å². The van der Waals surface area contributed by atoms with Gasteiger partial charge in [-0.15, -0.1) is 10.2 Å². The van der Waals surface area contributed by atoms with Crippen molar-refractivity contribution in [2.75, 3.05) is 0 Å². The van der Waals surface area contributed by atoms with Crippen LogP contribution in [0.4, 0.5) is 11.4 Å². The molecule has 0 amide bonds. The molecule has 1 aromatic heterocycles. The quantitative estimate of drug-likeness (QED) is 0.108. The maximum Gasteiger partial charge on any atom is 0.269 e. The zero-order valence-corrected chi connectivity index (χ0v) is 19.3. The zero-order chi connectivity index (χ0) is 23.3. The van der Waals surface area contributed by atoms with E-state index in [9.17, 15) is 10.1 Å². The zero-order valence-electron chi connectivity index (χ0n) is 19.3. The Balaban J connectivity index is 1.42. The van der Waals surface area contributed by atoms with Crippen LogP contribution >= 0.6 is 0 Å². The van der Waals surface area contributed by atoms with E-state index >= 15 is 0 Å². The molecule has 1 heterocycles. The summed E-state index contributed by atoms with van der Waals surface area (Å²) in [5, 5.41) is 18.9. The number of rotatable bonds is 14. The molecule has 0 fully saturated rings. The molecule has 0 bridgehead atoms. The highest BCUT2D eigenvalue weighted by atomic mass is 16.6. The van der Waals surface area contributed by atoms with Crippen LogP contribution in [0.5, 0.6) is 0 Å². The molecule has 7 heteroatoms. The number of nitro groups is 1. The Bertz CT molecular complexity index is 1010. The maximum absolute atomic E-state index is 10.8. The van der Waals surface area contributed by atoms with Gasteiger partial charge >= 0.3 is 0 Å². The van der Waals surface area contributed by atoms with Crippen LogP contribution in [0.25, 0.3) is 22.9 Å². The smallest absolute Gasteiger partial charge is 0.269 e. The van der Waals surface area contributed by atoms with E-state index in [1.54, 1.807) is 12.1 Å². The standard InChI is InChI=1S/C26H32N4O3/c1-2-3-4-5-6-7-8-9-10-11-20-27-23-16-12-21(13-17-23)25-28-29-26(33-25)22-14-18-24(19-15-22)30(31)32/h12-20H,2-11H2,1H3. The van der Waals surface area contributed by atoms with Gasteiger partial charge in [-0.2, -0.15) is 0 Å². The van der Waals surface area contributed by atoms with E-state index in [0.717, 1.165) is 17.7 Å². The minimum atomic E-state index is -0.441. The predicted molar refractivity (Wildman–Crippen MR) is 132 cm³/mol. The summed E-state index contributed by atoms with van der Waals surface area (Å²) in [4.78, 5) is 14.9. The second-order valence-corrected chi connectivity index (χ2v) is 8.19. The van der Waals surface area contributed by atoms with Gasteiger partial charge in [0.25, 0.3) is 5.69 Å². The average Bonchev–Trinajstić information content (AvgIpc) is 3.33. The first-order valence-corrected chi connectivity index (χ1v) is 11.9. The Morgan fingerprint density at radius 3 is 1.88 bits per heavy atom. The van der Waals surface area contributed by atoms with Crippen molar-refractivity contribution in [1.82, 2.24) is 10.2 Å². The summed E-state index contributed by atoms with van der Waals surface area (Å²) in [6.45, 7) is 2.25. The summed E-state index contributed by atoms with van der Waals surface area (Å²) in [5.41, 5.74) is 2.35. The molecule has 0 spiro atoms. The van der Waals surface area contributed by atoms with Gasteiger partial charge in [0.1, 0.15) is 0 Å². The lowest BCUT2D eigenvalue weighted by molar-refractivity contribution is -0.384. The van der Waals surface area contributed by atoms with Gasteiger partial charge in [-0.25, -0.2) is 0 Å². The molecule has 0 saturated carbocycles. The van der Waals surface area contributed by atoms with Crippen molar-refractivity contribution in [3.8, 4) is 22.9 Å². The van der Waals surface area contributed by atoms with Crippen LogP contribution in [-0.4, -0.2) is 21.3 Å². The van der Waals surface area contributed by atoms with E-state index in [4.69, 9.17) is 4.42 Å². The van der Waals surface area contributed by atoms with E-state index < -0.39 is 4.92 Å². The van der Waals surface area contributed by atoms with E-state index in [-0.39, 0.29) is 5.69 Å². The number of unbranched alkanes of at least 4 members (excludes halogenated alkanes) is 9. The van der Waals surface area contributed by atoms with Gasteiger partial charge in [0.15, 0.2) is 0 Å². The molecule has 0 aliphatic rings. The largest absolute Gasteiger partial charge is 0.416 e. The third kappa shape index (κ3) is 7.93. The molecule has 2 aromatic carbocycles. The van der Waals surface area contributed by atoms with Crippen LogP contribution in [0.15, 0.2) is 57.9 Å². The lowest BCUT2D eigenvalue weighted by Gasteiger charge is -2.00. The topological polar surface area (TPSA) is 94.4 Å². The van der Waals surface area contributed by atoms with Crippen LogP contribution in [0, 0.1) is 10.1 Å². The molecule has 3 rings (SSSR count). The van der Waals surface area contributed by atoms with Gasteiger partial charge in [-0.05, 0) is 49.2 Å². The fourth-order valence-corrected chi connectivity index (χ4v) is 3.59. The van der Waals surface area contributed by atoms with E-state index in [2.05, 4.69) is 22.1 Å². The minimum absolute atomic E-state index is 0.0208. The Labute approximate surface area is 195 Å². The molecule has 0 saturated heterocycles. The number of hydrogen-bond acceptors (Lipinski definition) is 6. The van der Waals surface area contributed by atoms with Crippen molar-refractivity contribution < 1.29 is 9.34 Å². The molecule has 174 valence electrons. The van der Waals surface area contributed by atoms with Gasteiger partial charge in [-0.3, -0.25) is 15.1 Å². The summed E-state index contributed by atoms with van der Waals surface area (Å²) in [6.07, 6.45) is 14.9. The fourth-order valence-electron chi connectivity index (χ4n) is 3.59. The molecule has 0 unspecified atom stereocenters. The summed E-state index contributed by atoms with van der Waals surface area (Å²) in [7, 11) is 0. The number of aliphatic imine (C=N–C) groups is 1. The Morgan fingerprint density at radius 1 is 0.818 bits per heavy atom. The van der Waals surface area contributed by atoms with Crippen molar-refractivity contribution in [2.24, 2.45) is 4.99 Å². The monoisotopic (exact) mass is 448 g/mol. The van der Waals surface area contributed by atoms with Crippen molar-refractivity contribution in [3.05, 3.63) is 58.6 Å². The fraction of sp³-hybridized carbons (Fsp3) is 0.423. The van der Waals surface area contributed by atoms with E-state index in [1.165, 1.54) is 69.9 Å². The van der Waals surface area contributed by atoms with Crippen molar-refractivity contribution in [1.29, 1.82) is 0 Å². The molecule has 0 aliphatic carbocycles. The second kappa shape index (κ2) is 13.3. The van der Waals surface area contributed by atoms with Crippen LogP contribution in [-0.2, 0) is 0 Å². The van der Waals surface area contributed by atoms with Crippen LogP contribution in [0.1, 0.15) is 71.1 Å². The van der Waals surface area contributed by atoms with Crippen LogP contribution in [0.2, 0.25) is 0 Å². The highest BCUT2D eigenvalue weighted by Crippen LogP contribution is 2.26. The number of hydrogen-bond donors (Lipinski definition) is 0. The molecule has 33 heavy (non-hydrogen) atoms. The normalized spacial score (nSPS) is 11.3. The number of nitrogens with zero attached hydrogens (tertiary/aromatic N) is 4. The maximum atomic E-state index is 10.8. The Hall–Kier alpha value is -3.35. The highest BCUT2D eigenvalue weighted by Gasteiger charge is 2.12. The third-order valence-electron chi connectivity index (χ3n) is 5.54. The van der Waals surface area contributed by atoms with Crippen LogP contribution in [0.3, 0.4) is 0 Å². The molecule has 7 nitrogen and oxygen atoms in total. The summed E-state index contributed by atoms with van der Waals surface area (Å²) < 4.78 is 5.74. The number of benzene rings is 2. The third-order valence-corrected chi connectivity index (χ3v) is 5.54. The van der Waals surface area contributed by atoms with Crippen molar-refractivity contribution in [3.63, 3.8) is 0 Å². The molecular weight excluding hydrogens is 416 g/mol. The first-order valence-electron chi connectivity index (χ1n) is 11.9. The Morgan fingerprint density at radius 2 is 1.33 bits per heavy atom. The van der Waals surface area contributed by atoms with Gasteiger partial charge in [-0.1, -0.05) is 58.3 Å². The predicted octanol–water partition coefficient (Wildman–Crippen LogP) is 7.94. The Kier molecular flexibility index (Phi) is 9.76. The SMILES string of the molecule is CCCCCCCCCCCC=Nc1ccc(-c2nnc(-c3ccc([N+](=O)[O-])cc3)o2)cc1. The summed E-state index contributed by atoms with van der Waals surface area (Å²) >= 11 is 0. The first-order chi connectivity index (χ1) is 16.2. The molecule has 0 atom stereocenters. The van der Waals surface area contributed by atoms with E-state index in [0.29, 0.717) is 17.3 Å². The van der Waals surface area contributed by atoms with Gasteiger partial charge in [0.05, 0.1) is 10.6 Å². The van der Waals surface area contributed by atoms with Crippen LogP contribution < -0.4 is 0 Å². The average molecular weight is 449 g/mol. The molecular formula is C26H32N4O3. The van der Waals surface area contributed by atoms with Gasteiger partial charge in [0, 0.05) is 29.5 Å². The summed E-state index contributed by atoms with van der Waals surface area (Å²) in [6, 6.07) is 13.7. The lowest BCUT2D eigenvalue weighted by atomic mass is 10.1. The minimum Gasteiger partial charge on any atom is -0.416 e. The number of nitro benzene ring substituents is 1. The molecule has 3 aromatic rings. The second-order valence-electron chi connectivity index (χ2n) is 8.19. The summed E-state index contributed by atoms with van der Waals surface area (Å²) in [5.74, 6) is 0.719. The number of non-ortho nitro benzene ring substituents is 1. The van der Waals surface area contributed by atoms with E-state index in [1.807, 2.05) is 30.5 Å². The first kappa shape index (κ1) is 24.3. The highest BCUT2D eigenvalue weighted by molar-refractivity contribution is 5.65. The molecule has 0 N–H and O–H groups in total.